The van der Waals surface area contributed by atoms with Crippen molar-refractivity contribution in [2.75, 3.05) is 20.2 Å². The summed E-state index contributed by atoms with van der Waals surface area (Å²) in [6.07, 6.45) is 1.81. The van der Waals surface area contributed by atoms with Crippen LogP contribution in [0.5, 0.6) is 0 Å². The molecule has 1 aromatic rings. The van der Waals surface area contributed by atoms with Crippen LogP contribution in [-0.2, 0) is 25.6 Å². The first-order valence-corrected chi connectivity index (χ1v) is 8.49. The molecule has 1 fully saturated rings. The molecule has 1 amide bonds. The lowest BCUT2D eigenvalue weighted by atomic mass is 9.76. The number of hydrogen-bond donors (Lipinski definition) is 0. The molecule has 3 rings (SSSR count). The third-order valence-corrected chi connectivity index (χ3v) is 4.95. The topological polar surface area (TPSA) is 65.1 Å². The summed E-state index contributed by atoms with van der Waals surface area (Å²) in [6.45, 7) is 3.27. The minimum Gasteiger partial charge on any atom is -0.497 e. The van der Waals surface area contributed by atoms with Crippen molar-refractivity contribution in [1.29, 1.82) is 0 Å². The van der Waals surface area contributed by atoms with Crippen LogP contribution in [0.25, 0.3) is 0 Å². The van der Waals surface area contributed by atoms with E-state index in [0.29, 0.717) is 25.1 Å². The minimum atomic E-state index is -0.359. The van der Waals surface area contributed by atoms with Crippen molar-refractivity contribution in [3.05, 3.63) is 47.7 Å². The van der Waals surface area contributed by atoms with Crippen molar-refractivity contribution in [3.63, 3.8) is 0 Å². The van der Waals surface area contributed by atoms with Gasteiger partial charge in [-0.3, -0.25) is 0 Å². The van der Waals surface area contributed by atoms with Gasteiger partial charge >= 0.3 is 12.1 Å². The maximum Gasteiger partial charge on any atom is 0.410 e. The number of rotatable bonds is 3. The van der Waals surface area contributed by atoms with Crippen LogP contribution in [0.4, 0.5) is 4.79 Å². The van der Waals surface area contributed by atoms with E-state index in [0.717, 1.165) is 5.56 Å². The normalized spacial score (nSPS) is 25.3. The summed E-state index contributed by atoms with van der Waals surface area (Å²) < 4.78 is 15.9. The third kappa shape index (κ3) is 3.78. The summed E-state index contributed by atoms with van der Waals surface area (Å²) in [5.74, 6) is -0.256. The van der Waals surface area contributed by atoms with E-state index in [1.165, 1.54) is 13.4 Å². The predicted molar refractivity (Wildman–Crippen MR) is 90.4 cm³/mol. The molecule has 6 heteroatoms. The number of ether oxygens (including phenoxy) is 3. The molecule has 0 N–H and O–H groups in total. The van der Waals surface area contributed by atoms with Crippen molar-refractivity contribution in [3.8, 4) is 0 Å². The highest BCUT2D eigenvalue weighted by molar-refractivity contribution is 5.89. The zero-order valence-electron chi connectivity index (χ0n) is 14.5. The van der Waals surface area contributed by atoms with Crippen LogP contribution in [0, 0.1) is 11.8 Å². The molecule has 0 radical (unpaired) electrons. The summed E-state index contributed by atoms with van der Waals surface area (Å²) in [4.78, 5) is 26.0. The summed E-state index contributed by atoms with van der Waals surface area (Å²) >= 11 is 0. The number of hydrogen-bond acceptors (Lipinski definition) is 5. The summed E-state index contributed by atoms with van der Waals surface area (Å²) in [6, 6.07) is 9.59. The maximum atomic E-state index is 12.4. The zero-order valence-corrected chi connectivity index (χ0v) is 14.5. The van der Waals surface area contributed by atoms with Crippen LogP contribution in [0.15, 0.2) is 42.2 Å². The highest BCUT2D eigenvalue weighted by Crippen LogP contribution is 2.37. The summed E-state index contributed by atoms with van der Waals surface area (Å²) in [5, 5.41) is 0. The van der Waals surface area contributed by atoms with E-state index in [4.69, 9.17) is 14.2 Å². The quantitative estimate of drug-likeness (QED) is 0.788. The second-order valence-electron chi connectivity index (χ2n) is 6.45. The Hall–Kier alpha value is -2.50. The molecular formula is C19H23NO5. The maximum absolute atomic E-state index is 12.4. The number of fused-ring (bicyclic) bond motifs is 1. The molecule has 25 heavy (non-hydrogen) atoms. The average Bonchev–Trinajstić information content (AvgIpc) is 2.66. The van der Waals surface area contributed by atoms with Gasteiger partial charge in [-0.1, -0.05) is 30.3 Å². The van der Waals surface area contributed by atoms with Crippen molar-refractivity contribution < 1.29 is 23.8 Å². The number of likely N-dealkylation sites (tertiary alicyclic amines) is 1. The van der Waals surface area contributed by atoms with Gasteiger partial charge in [0.25, 0.3) is 0 Å². The van der Waals surface area contributed by atoms with Gasteiger partial charge in [0, 0.05) is 24.9 Å². The van der Waals surface area contributed by atoms with E-state index < -0.39 is 0 Å². The van der Waals surface area contributed by atoms with Crippen LogP contribution in [0.2, 0.25) is 0 Å². The van der Waals surface area contributed by atoms with Gasteiger partial charge in [-0.15, -0.1) is 0 Å². The Morgan fingerprint density at radius 3 is 2.76 bits per heavy atom. The summed E-state index contributed by atoms with van der Waals surface area (Å²) in [7, 11) is 1.37. The lowest BCUT2D eigenvalue weighted by Gasteiger charge is -2.43. The molecule has 0 aromatic heterocycles. The largest absolute Gasteiger partial charge is 0.497 e. The van der Waals surface area contributed by atoms with E-state index in [9.17, 15) is 9.59 Å². The van der Waals surface area contributed by atoms with Crippen molar-refractivity contribution in [2.45, 2.75) is 26.1 Å². The van der Waals surface area contributed by atoms with Gasteiger partial charge in [-0.25, -0.2) is 9.59 Å². The Morgan fingerprint density at radius 2 is 2.04 bits per heavy atom. The number of piperidine rings is 1. The monoisotopic (exact) mass is 345 g/mol. The fraction of sp³-hybridized carbons (Fsp3) is 0.474. The Bertz CT molecular complexity index is 657. The Balaban J connectivity index is 1.61. The molecule has 0 saturated carbocycles. The van der Waals surface area contributed by atoms with Crippen LogP contribution in [0.1, 0.15) is 18.9 Å². The number of carbonyl (C=O) groups is 2. The van der Waals surface area contributed by atoms with Crippen LogP contribution in [-0.4, -0.2) is 43.3 Å². The van der Waals surface area contributed by atoms with Gasteiger partial charge in [0.15, 0.2) is 0 Å². The van der Waals surface area contributed by atoms with Crippen LogP contribution >= 0.6 is 0 Å². The Kier molecular flexibility index (Phi) is 5.26. The second kappa shape index (κ2) is 7.59. The molecule has 2 aliphatic heterocycles. The minimum absolute atomic E-state index is 0.0503. The molecule has 134 valence electrons. The highest BCUT2D eigenvalue weighted by atomic mass is 16.6. The number of esters is 1. The van der Waals surface area contributed by atoms with E-state index in [1.54, 1.807) is 4.90 Å². The molecule has 1 aromatic carbocycles. The van der Waals surface area contributed by atoms with Gasteiger partial charge in [0.05, 0.1) is 18.9 Å². The molecule has 0 aliphatic carbocycles. The fourth-order valence-electron chi connectivity index (χ4n) is 3.51. The van der Waals surface area contributed by atoms with Gasteiger partial charge in [0.1, 0.15) is 12.7 Å². The number of carbonyl (C=O) groups excluding carboxylic acids is 2. The number of methoxy groups -OCH3 is 1. The van der Waals surface area contributed by atoms with Gasteiger partial charge in [-0.2, -0.15) is 0 Å². The zero-order chi connectivity index (χ0) is 17.8. The molecule has 6 nitrogen and oxygen atoms in total. The highest BCUT2D eigenvalue weighted by Gasteiger charge is 2.42. The van der Waals surface area contributed by atoms with Gasteiger partial charge in [-0.05, 0) is 18.9 Å². The Labute approximate surface area is 147 Å². The average molecular weight is 345 g/mol. The first kappa shape index (κ1) is 17.3. The van der Waals surface area contributed by atoms with Crippen LogP contribution in [0.3, 0.4) is 0 Å². The lowest BCUT2D eigenvalue weighted by Crippen LogP contribution is -2.50. The van der Waals surface area contributed by atoms with Gasteiger partial charge in [0.2, 0.25) is 0 Å². The fourth-order valence-corrected chi connectivity index (χ4v) is 3.51. The molecule has 2 aliphatic rings. The standard InChI is InChI=1S/C19H23NO5/c1-13-16-10-20(19(22)25-11-14-6-4-3-5-7-14)9-8-15(16)17(12-24-13)18(21)23-2/h3-7,12-13,15-16H,8-11H2,1-2H3/t13-,15-,16-/m0/s1. The van der Waals surface area contributed by atoms with E-state index >= 15 is 0 Å². The smallest absolute Gasteiger partial charge is 0.410 e. The van der Waals surface area contributed by atoms with Gasteiger partial charge < -0.3 is 19.1 Å². The molecule has 3 atom stereocenters. The van der Waals surface area contributed by atoms with Crippen molar-refractivity contribution in [2.24, 2.45) is 11.8 Å². The third-order valence-electron chi connectivity index (χ3n) is 4.95. The molecule has 0 unspecified atom stereocenters. The predicted octanol–water partition coefficient (Wildman–Crippen LogP) is 2.74. The van der Waals surface area contributed by atoms with Crippen molar-refractivity contribution in [1.82, 2.24) is 4.90 Å². The summed E-state index contributed by atoms with van der Waals surface area (Å²) in [5.41, 5.74) is 1.51. The Morgan fingerprint density at radius 1 is 1.28 bits per heavy atom. The van der Waals surface area contributed by atoms with E-state index in [2.05, 4.69) is 0 Å². The van der Waals surface area contributed by atoms with Crippen LogP contribution < -0.4 is 0 Å². The number of amides is 1. The lowest BCUT2D eigenvalue weighted by molar-refractivity contribution is -0.138. The van der Waals surface area contributed by atoms with E-state index in [1.807, 2.05) is 37.3 Å². The number of nitrogens with zero attached hydrogens (tertiary/aromatic N) is 1. The first-order chi connectivity index (χ1) is 12.1. The second-order valence-corrected chi connectivity index (χ2v) is 6.45. The van der Waals surface area contributed by atoms with Crippen molar-refractivity contribution >= 4 is 12.1 Å². The SMILES string of the molecule is COC(=O)C1=CO[C@@H](C)[C@@H]2CN(C(=O)OCc3ccccc3)CC[C@H]12. The first-order valence-electron chi connectivity index (χ1n) is 8.49. The number of benzene rings is 1. The van der Waals surface area contributed by atoms with E-state index in [-0.39, 0.29) is 36.6 Å². The molecule has 2 heterocycles. The molecule has 0 bridgehead atoms. The molecule has 1 saturated heterocycles. The molecule has 0 spiro atoms. The molecular weight excluding hydrogens is 322 g/mol.